The Morgan fingerprint density at radius 1 is 1.21 bits per heavy atom. The fourth-order valence-electron chi connectivity index (χ4n) is 1.68. The number of aliphatic carboxylic acids is 1. The lowest BCUT2D eigenvalue weighted by Crippen LogP contribution is -2.13. The Hall–Kier alpha value is -0.530. The third-order valence-electron chi connectivity index (χ3n) is 2.90. The molecule has 0 heterocycles. The second kappa shape index (κ2) is 7.84. The summed E-state index contributed by atoms with van der Waals surface area (Å²) in [6.07, 6.45) is 6.41. The predicted molar refractivity (Wildman–Crippen MR) is 59.3 cm³/mol. The molecule has 14 heavy (non-hydrogen) atoms. The molecule has 0 rings (SSSR count). The molecule has 84 valence electrons. The van der Waals surface area contributed by atoms with Crippen molar-refractivity contribution in [2.45, 2.75) is 59.3 Å². The highest BCUT2D eigenvalue weighted by Crippen LogP contribution is 2.19. The number of unbranched alkanes of at least 4 members (excludes halogenated alkanes) is 1. The smallest absolute Gasteiger partial charge is 0.306 e. The number of carbonyl (C=O) groups is 1. The Balaban J connectivity index is 3.62. The van der Waals surface area contributed by atoms with Crippen molar-refractivity contribution < 1.29 is 9.90 Å². The van der Waals surface area contributed by atoms with Crippen LogP contribution in [0.25, 0.3) is 0 Å². The minimum Gasteiger partial charge on any atom is -0.481 e. The van der Waals surface area contributed by atoms with Crippen molar-refractivity contribution in [3.05, 3.63) is 0 Å². The van der Waals surface area contributed by atoms with E-state index in [0.29, 0.717) is 5.92 Å². The molecule has 0 saturated heterocycles. The van der Waals surface area contributed by atoms with E-state index in [1.807, 2.05) is 6.92 Å². The van der Waals surface area contributed by atoms with Gasteiger partial charge in [0.1, 0.15) is 0 Å². The second-order valence-corrected chi connectivity index (χ2v) is 4.27. The van der Waals surface area contributed by atoms with Crippen LogP contribution in [0.3, 0.4) is 0 Å². The van der Waals surface area contributed by atoms with Gasteiger partial charge in [0.15, 0.2) is 0 Å². The van der Waals surface area contributed by atoms with Crippen molar-refractivity contribution in [2.75, 3.05) is 0 Å². The van der Waals surface area contributed by atoms with Crippen LogP contribution in [0.5, 0.6) is 0 Å². The first-order chi connectivity index (χ1) is 6.61. The van der Waals surface area contributed by atoms with Crippen molar-refractivity contribution in [2.24, 2.45) is 11.8 Å². The van der Waals surface area contributed by atoms with Gasteiger partial charge >= 0.3 is 5.97 Å². The van der Waals surface area contributed by atoms with E-state index < -0.39 is 5.97 Å². The third kappa shape index (κ3) is 6.01. The molecule has 0 spiro atoms. The number of hydrogen-bond acceptors (Lipinski definition) is 1. The quantitative estimate of drug-likeness (QED) is 0.648. The molecule has 0 saturated carbocycles. The van der Waals surface area contributed by atoms with Gasteiger partial charge in [-0.15, -0.1) is 0 Å². The van der Waals surface area contributed by atoms with Crippen molar-refractivity contribution in [3.63, 3.8) is 0 Å². The second-order valence-electron chi connectivity index (χ2n) is 4.27. The summed E-state index contributed by atoms with van der Waals surface area (Å²) in [5, 5.41) is 8.86. The Morgan fingerprint density at radius 3 is 2.29 bits per heavy atom. The normalized spacial score (nSPS) is 15.1. The summed E-state index contributed by atoms with van der Waals surface area (Å²) in [5.41, 5.74) is 0. The zero-order chi connectivity index (χ0) is 11.0. The fourth-order valence-corrected chi connectivity index (χ4v) is 1.68. The molecule has 0 aliphatic heterocycles. The molecule has 0 aromatic carbocycles. The van der Waals surface area contributed by atoms with Gasteiger partial charge in [-0.05, 0) is 25.2 Å². The molecule has 0 aromatic heterocycles. The van der Waals surface area contributed by atoms with Crippen molar-refractivity contribution in [1.82, 2.24) is 0 Å². The zero-order valence-corrected chi connectivity index (χ0v) is 9.75. The number of carboxylic acids is 1. The average Bonchev–Trinajstić information content (AvgIpc) is 2.15. The molecule has 1 N–H and O–H groups in total. The van der Waals surface area contributed by atoms with Gasteiger partial charge in [-0.2, -0.15) is 0 Å². The molecule has 2 heteroatoms. The van der Waals surface area contributed by atoms with Gasteiger partial charge < -0.3 is 5.11 Å². The van der Waals surface area contributed by atoms with E-state index in [9.17, 15) is 4.79 Å². The molecule has 0 radical (unpaired) electrons. The lowest BCUT2D eigenvalue weighted by molar-refractivity contribution is -0.142. The van der Waals surface area contributed by atoms with Gasteiger partial charge in [0.25, 0.3) is 0 Å². The van der Waals surface area contributed by atoms with Crippen LogP contribution in [0, 0.1) is 11.8 Å². The predicted octanol–water partition coefficient (Wildman–Crippen LogP) is 3.70. The summed E-state index contributed by atoms with van der Waals surface area (Å²) in [5.74, 6) is -0.0716. The molecule has 2 unspecified atom stereocenters. The topological polar surface area (TPSA) is 37.3 Å². The van der Waals surface area contributed by atoms with Crippen LogP contribution in [0.2, 0.25) is 0 Å². The summed E-state index contributed by atoms with van der Waals surface area (Å²) < 4.78 is 0. The van der Waals surface area contributed by atoms with Crippen molar-refractivity contribution >= 4 is 5.97 Å². The van der Waals surface area contributed by atoms with Crippen LogP contribution in [-0.4, -0.2) is 11.1 Å². The summed E-state index contributed by atoms with van der Waals surface area (Å²) in [6.45, 7) is 6.37. The monoisotopic (exact) mass is 200 g/mol. The maximum Gasteiger partial charge on any atom is 0.306 e. The van der Waals surface area contributed by atoms with Gasteiger partial charge in [0, 0.05) is 0 Å². The summed E-state index contributed by atoms with van der Waals surface area (Å²) in [6, 6.07) is 0. The van der Waals surface area contributed by atoms with Crippen molar-refractivity contribution in [3.8, 4) is 0 Å². The van der Waals surface area contributed by atoms with Crippen LogP contribution >= 0.6 is 0 Å². The lowest BCUT2D eigenvalue weighted by atomic mass is 9.92. The van der Waals surface area contributed by atoms with Crippen LogP contribution < -0.4 is 0 Å². The Bertz CT molecular complexity index is 154. The van der Waals surface area contributed by atoms with E-state index >= 15 is 0 Å². The maximum atomic E-state index is 10.8. The zero-order valence-electron chi connectivity index (χ0n) is 9.75. The highest BCUT2D eigenvalue weighted by Gasteiger charge is 2.15. The number of carboxylic acid groups (broad SMARTS) is 1. The van der Waals surface area contributed by atoms with Gasteiger partial charge in [-0.25, -0.2) is 0 Å². The molecule has 0 bridgehead atoms. The first-order valence-electron chi connectivity index (χ1n) is 5.84. The molecular weight excluding hydrogens is 176 g/mol. The molecule has 0 aliphatic rings. The van der Waals surface area contributed by atoms with E-state index in [2.05, 4.69) is 13.8 Å². The summed E-state index contributed by atoms with van der Waals surface area (Å²) in [7, 11) is 0. The Kier molecular flexibility index (Phi) is 7.54. The highest BCUT2D eigenvalue weighted by molar-refractivity contribution is 5.69. The van der Waals surface area contributed by atoms with Crippen LogP contribution in [-0.2, 0) is 4.79 Å². The van der Waals surface area contributed by atoms with Gasteiger partial charge in [0.05, 0.1) is 5.92 Å². The number of rotatable bonds is 8. The highest BCUT2D eigenvalue weighted by atomic mass is 16.4. The molecular formula is C12H24O2. The fraction of sp³-hybridized carbons (Fsp3) is 0.917. The molecule has 0 fully saturated rings. The lowest BCUT2D eigenvalue weighted by Gasteiger charge is -2.14. The average molecular weight is 200 g/mol. The van der Waals surface area contributed by atoms with Gasteiger partial charge in [-0.3, -0.25) is 4.79 Å². The Morgan fingerprint density at radius 2 is 1.86 bits per heavy atom. The molecule has 2 nitrogen and oxygen atoms in total. The molecule has 0 aromatic rings. The SMILES string of the molecule is CCCCC(C)CCC(CC)C(=O)O. The van der Waals surface area contributed by atoms with E-state index in [4.69, 9.17) is 5.11 Å². The molecule has 0 amide bonds. The Labute approximate surface area is 87.7 Å². The van der Waals surface area contributed by atoms with Crippen LogP contribution in [0.1, 0.15) is 59.3 Å². The van der Waals surface area contributed by atoms with E-state index in [1.165, 1.54) is 19.3 Å². The van der Waals surface area contributed by atoms with Crippen molar-refractivity contribution in [1.29, 1.82) is 0 Å². The first kappa shape index (κ1) is 13.5. The van der Waals surface area contributed by atoms with Gasteiger partial charge in [0.2, 0.25) is 0 Å². The van der Waals surface area contributed by atoms with E-state index in [-0.39, 0.29) is 5.92 Å². The maximum absolute atomic E-state index is 10.8. The van der Waals surface area contributed by atoms with E-state index in [0.717, 1.165) is 19.3 Å². The van der Waals surface area contributed by atoms with E-state index in [1.54, 1.807) is 0 Å². The minimum atomic E-state index is -0.629. The summed E-state index contributed by atoms with van der Waals surface area (Å²) >= 11 is 0. The largest absolute Gasteiger partial charge is 0.481 e. The van der Waals surface area contributed by atoms with Crippen LogP contribution in [0.4, 0.5) is 0 Å². The standard InChI is InChI=1S/C12H24O2/c1-4-6-7-10(3)8-9-11(5-2)12(13)14/h10-11H,4-9H2,1-3H3,(H,13,14). The minimum absolute atomic E-state index is 0.126. The summed E-state index contributed by atoms with van der Waals surface area (Å²) in [4.78, 5) is 10.8. The molecule has 0 aliphatic carbocycles. The molecule has 2 atom stereocenters. The third-order valence-corrected chi connectivity index (χ3v) is 2.90. The number of hydrogen-bond donors (Lipinski definition) is 1. The van der Waals surface area contributed by atoms with Gasteiger partial charge in [-0.1, -0.05) is 40.0 Å². The van der Waals surface area contributed by atoms with Crippen LogP contribution in [0.15, 0.2) is 0 Å². The first-order valence-corrected chi connectivity index (χ1v) is 5.84.